The molecule has 1 saturated carbocycles. The SMILES string of the molecule is CCn1c(SCC(=O)Nc2ccc(C)c(C)c2)nnc1C1CC1c1ccccc1. The lowest BCUT2D eigenvalue weighted by Crippen LogP contribution is -2.15. The van der Waals surface area contributed by atoms with Crippen molar-refractivity contribution in [2.45, 2.75) is 50.7 Å². The van der Waals surface area contributed by atoms with Gasteiger partial charge in [0.2, 0.25) is 5.91 Å². The molecule has 6 heteroatoms. The van der Waals surface area contributed by atoms with Gasteiger partial charge in [0.25, 0.3) is 0 Å². The molecule has 0 bridgehead atoms. The van der Waals surface area contributed by atoms with Crippen LogP contribution in [-0.4, -0.2) is 26.4 Å². The van der Waals surface area contributed by atoms with Crippen molar-refractivity contribution in [3.8, 4) is 0 Å². The molecule has 0 spiro atoms. The van der Waals surface area contributed by atoms with Gasteiger partial charge in [0, 0.05) is 18.2 Å². The molecule has 1 aromatic heterocycles. The number of amides is 1. The van der Waals surface area contributed by atoms with Crippen LogP contribution in [0.1, 0.15) is 47.7 Å². The second-order valence-corrected chi connectivity index (χ2v) is 8.52. The van der Waals surface area contributed by atoms with Crippen molar-refractivity contribution < 1.29 is 4.79 Å². The fourth-order valence-corrected chi connectivity index (χ4v) is 4.48. The molecule has 1 N–H and O–H groups in total. The van der Waals surface area contributed by atoms with E-state index < -0.39 is 0 Å². The van der Waals surface area contributed by atoms with E-state index in [9.17, 15) is 4.79 Å². The minimum atomic E-state index is -0.0287. The summed E-state index contributed by atoms with van der Waals surface area (Å²) in [4.78, 5) is 12.4. The summed E-state index contributed by atoms with van der Waals surface area (Å²) in [6, 6.07) is 16.6. The lowest BCUT2D eigenvalue weighted by atomic mass is 10.1. The molecule has 0 radical (unpaired) electrons. The Morgan fingerprint density at radius 3 is 2.62 bits per heavy atom. The van der Waals surface area contributed by atoms with Gasteiger partial charge < -0.3 is 9.88 Å². The van der Waals surface area contributed by atoms with Crippen LogP contribution in [0.3, 0.4) is 0 Å². The first-order chi connectivity index (χ1) is 14.1. The van der Waals surface area contributed by atoms with E-state index in [-0.39, 0.29) is 5.91 Å². The Morgan fingerprint density at radius 2 is 1.90 bits per heavy atom. The fourth-order valence-electron chi connectivity index (χ4n) is 3.67. The van der Waals surface area contributed by atoms with Crippen LogP contribution in [0.5, 0.6) is 0 Å². The van der Waals surface area contributed by atoms with Crippen LogP contribution in [0.15, 0.2) is 53.7 Å². The number of aryl methyl sites for hydroxylation is 2. The number of hydrogen-bond donors (Lipinski definition) is 1. The highest BCUT2D eigenvalue weighted by molar-refractivity contribution is 7.99. The summed E-state index contributed by atoms with van der Waals surface area (Å²) in [5.74, 6) is 2.27. The zero-order valence-electron chi connectivity index (χ0n) is 17.1. The summed E-state index contributed by atoms with van der Waals surface area (Å²) in [5, 5.41) is 12.6. The zero-order valence-corrected chi connectivity index (χ0v) is 17.9. The molecule has 1 aliphatic rings. The summed E-state index contributed by atoms with van der Waals surface area (Å²) >= 11 is 1.45. The van der Waals surface area contributed by atoms with Crippen molar-refractivity contribution in [2.75, 3.05) is 11.1 Å². The fraction of sp³-hybridized carbons (Fsp3) is 0.348. The molecule has 1 aliphatic carbocycles. The Bertz CT molecular complexity index is 1010. The van der Waals surface area contributed by atoms with Crippen LogP contribution >= 0.6 is 11.8 Å². The molecule has 29 heavy (non-hydrogen) atoms. The van der Waals surface area contributed by atoms with Gasteiger partial charge >= 0.3 is 0 Å². The normalized spacial score (nSPS) is 17.9. The first kappa shape index (κ1) is 19.7. The third-order valence-electron chi connectivity index (χ3n) is 5.53. The number of carbonyl (C=O) groups excluding carboxylic acids is 1. The second kappa shape index (κ2) is 8.41. The van der Waals surface area contributed by atoms with Crippen molar-refractivity contribution in [3.05, 3.63) is 71.0 Å². The Morgan fingerprint density at radius 1 is 1.10 bits per heavy atom. The van der Waals surface area contributed by atoms with Gasteiger partial charge in [-0.3, -0.25) is 4.79 Å². The van der Waals surface area contributed by atoms with Gasteiger partial charge in [-0.25, -0.2) is 0 Å². The minimum absolute atomic E-state index is 0.0287. The number of rotatable bonds is 7. The minimum Gasteiger partial charge on any atom is -0.325 e. The van der Waals surface area contributed by atoms with Gasteiger partial charge in [-0.2, -0.15) is 0 Å². The summed E-state index contributed by atoms with van der Waals surface area (Å²) in [7, 11) is 0. The number of thioether (sulfide) groups is 1. The van der Waals surface area contributed by atoms with Gasteiger partial charge in [0.1, 0.15) is 5.82 Å². The third kappa shape index (κ3) is 4.37. The average molecular weight is 407 g/mol. The molecule has 2 aromatic carbocycles. The molecule has 150 valence electrons. The zero-order chi connectivity index (χ0) is 20.4. The predicted molar refractivity (Wildman–Crippen MR) is 118 cm³/mol. The third-order valence-corrected chi connectivity index (χ3v) is 6.50. The summed E-state index contributed by atoms with van der Waals surface area (Å²) in [6.45, 7) is 7.02. The summed E-state index contributed by atoms with van der Waals surface area (Å²) < 4.78 is 2.15. The maximum atomic E-state index is 12.4. The molecule has 2 unspecified atom stereocenters. The van der Waals surface area contributed by atoms with Crippen LogP contribution in [0.25, 0.3) is 0 Å². The molecule has 1 amide bonds. The first-order valence-corrected chi connectivity index (χ1v) is 11.0. The van der Waals surface area contributed by atoms with Crippen molar-refractivity contribution in [1.29, 1.82) is 0 Å². The van der Waals surface area contributed by atoms with Crippen molar-refractivity contribution >= 4 is 23.4 Å². The Kier molecular flexibility index (Phi) is 5.72. The Labute approximate surface area is 175 Å². The lowest BCUT2D eigenvalue weighted by molar-refractivity contribution is -0.113. The van der Waals surface area contributed by atoms with E-state index in [0.29, 0.717) is 17.6 Å². The number of nitrogens with zero attached hydrogens (tertiary/aromatic N) is 3. The molecular formula is C23H26N4OS. The lowest BCUT2D eigenvalue weighted by Gasteiger charge is -2.09. The van der Waals surface area contributed by atoms with Crippen LogP contribution in [0.2, 0.25) is 0 Å². The number of hydrogen-bond acceptors (Lipinski definition) is 4. The molecule has 5 nitrogen and oxygen atoms in total. The van der Waals surface area contributed by atoms with E-state index in [1.807, 2.05) is 31.2 Å². The quantitative estimate of drug-likeness (QED) is 0.566. The van der Waals surface area contributed by atoms with Crippen molar-refractivity contribution in [1.82, 2.24) is 14.8 Å². The van der Waals surface area contributed by atoms with Crippen LogP contribution in [0, 0.1) is 13.8 Å². The molecule has 1 fully saturated rings. The van der Waals surface area contributed by atoms with E-state index in [2.05, 4.69) is 58.2 Å². The van der Waals surface area contributed by atoms with E-state index in [4.69, 9.17) is 0 Å². The van der Waals surface area contributed by atoms with Crippen LogP contribution < -0.4 is 5.32 Å². The number of carbonyl (C=O) groups is 1. The highest BCUT2D eigenvalue weighted by atomic mass is 32.2. The first-order valence-electron chi connectivity index (χ1n) is 10.0. The van der Waals surface area contributed by atoms with E-state index >= 15 is 0 Å². The molecule has 0 saturated heterocycles. The maximum Gasteiger partial charge on any atom is 0.234 e. The van der Waals surface area contributed by atoms with Gasteiger partial charge in [0.05, 0.1) is 5.75 Å². The van der Waals surface area contributed by atoms with Gasteiger partial charge in [-0.15, -0.1) is 10.2 Å². The highest BCUT2D eigenvalue weighted by Crippen LogP contribution is 2.54. The number of nitrogens with one attached hydrogen (secondary N) is 1. The predicted octanol–water partition coefficient (Wildman–Crippen LogP) is 4.92. The van der Waals surface area contributed by atoms with Crippen molar-refractivity contribution in [3.63, 3.8) is 0 Å². The molecule has 4 rings (SSSR count). The highest BCUT2D eigenvalue weighted by Gasteiger charge is 2.43. The van der Waals surface area contributed by atoms with E-state index in [0.717, 1.165) is 29.6 Å². The van der Waals surface area contributed by atoms with E-state index in [1.54, 1.807) is 0 Å². The average Bonchev–Trinajstić information content (AvgIpc) is 3.42. The smallest absolute Gasteiger partial charge is 0.234 e. The largest absolute Gasteiger partial charge is 0.325 e. The standard InChI is InChI=1S/C23H26N4OS/c1-4-27-22(20-13-19(20)17-8-6-5-7-9-17)25-26-23(27)29-14-21(28)24-18-11-10-15(2)16(3)12-18/h5-12,19-20H,4,13-14H2,1-3H3,(H,24,28). The molecular weight excluding hydrogens is 380 g/mol. The molecule has 0 aliphatic heterocycles. The molecule has 1 heterocycles. The number of benzene rings is 2. The maximum absolute atomic E-state index is 12.4. The number of aromatic nitrogens is 3. The van der Waals surface area contributed by atoms with Gasteiger partial charge in [-0.1, -0.05) is 48.2 Å². The second-order valence-electron chi connectivity index (χ2n) is 7.58. The van der Waals surface area contributed by atoms with Gasteiger partial charge in [0.15, 0.2) is 5.16 Å². The summed E-state index contributed by atoms with van der Waals surface area (Å²) in [5.41, 5.74) is 4.59. The van der Waals surface area contributed by atoms with Crippen LogP contribution in [0.4, 0.5) is 5.69 Å². The van der Waals surface area contributed by atoms with E-state index in [1.165, 1.54) is 28.5 Å². The van der Waals surface area contributed by atoms with Gasteiger partial charge in [-0.05, 0) is 61.9 Å². The summed E-state index contributed by atoms with van der Waals surface area (Å²) in [6.07, 6.45) is 1.11. The van der Waals surface area contributed by atoms with Crippen LogP contribution in [-0.2, 0) is 11.3 Å². The van der Waals surface area contributed by atoms with Crippen molar-refractivity contribution in [2.24, 2.45) is 0 Å². The Balaban J connectivity index is 1.38. The molecule has 2 atom stereocenters. The topological polar surface area (TPSA) is 59.8 Å². The monoisotopic (exact) mass is 406 g/mol. The molecule has 3 aromatic rings. The number of anilines is 1. The Hall–Kier alpha value is -2.60.